The number of nitrogens with zero attached hydrogens (tertiary/aromatic N) is 5. The van der Waals surface area contributed by atoms with Crippen LogP contribution in [0.2, 0.25) is 0 Å². The van der Waals surface area contributed by atoms with Crippen molar-refractivity contribution in [3.8, 4) is 0 Å². The number of anilines is 2. The lowest BCUT2D eigenvalue weighted by molar-refractivity contribution is 0.102. The summed E-state index contributed by atoms with van der Waals surface area (Å²) in [6.45, 7) is 4.75. The zero-order valence-electron chi connectivity index (χ0n) is 15.5. The Balaban J connectivity index is 1.30. The smallest absolute Gasteiger partial charge is 0.258 e. The summed E-state index contributed by atoms with van der Waals surface area (Å²) in [6, 6.07) is 17.6. The average Bonchev–Trinajstić information content (AvgIpc) is 2.76. The van der Waals surface area contributed by atoms with E-state index in [9.17, 15) is 4.79 Å². The van der Waals surface area contributed by atoms with Crippen LogP contribution in [0.4, 0.5) is 11.6 Å². The van der Waals surface area contributed by atoms with Gasteiger partial charge < -0.3 is 10.2 Å². The van der Waals surface area contributed by atoms with Gasteiger partial charge in [0.15, 0.2) is 11.6 Å². The highest BCUT2D eigenvalue weighted by Crippen LogP contribution is 2.16. The minimum atomic E-state index is -0.246. The molecule has 2 aromatic heterocycles. The molecule has 1 aliphatic rings. The number of amides is 1. The maximum Gasteiger partial charge on any atom is 0.258 e. The van der Waals surface area contributed by atoms with Gasteiger partial charge in [-0.05, 0) is 29.8 Å². The van der Waals surface area contributed by atoms with E-state index in [0.717, 1.165) is 38.5 Å². The molecule has 1 aromatic carbocycles. The molecule has 0 atom stereocenters. The van der Waals surface area contributed by atoms with Crippen molar-refractivity contribution >= 4 is 17.5 Å². The number of hydrogen-bond acceptors (Lipinski definition) is 6. The van der Waals surface area contributed by atoms with E-state index in [0.29, 0.717) is 11.4 Å². The first kappa shape index (κ1) is 18.1. The third-order valence-electron chi connectivity index (χ3n) is 4.76. The summed E-state index contributed by atoms with van der Waals surface area (Å²) in [5.74, 6) is 1.02. The van der Waals surface area contributed by atoms with Crippen LogP contribution in [0, 0.1) is 0 Å². The third-order valence-corrected chi connectivity index (χ3v) is 4.76. The zero-order valence-corrected chi connectivity index (χ0v) is 15.5. The first-order chi connectivity index (χ1) is 13.8. The molecule has 1 aliphatic heterocycles. The molecule has 0 spiro atoms. The molecule has 7 nitrogen and oxygen atoms in total. The second-order valence-electron chi connectivity index (χ2n) is 6.72. The van der Waals surface area contributed by atoms with Crippen molar-refractivity contribution in [3.63, 3.8) is 0 Å². The van der Waals surface area contributed by atoms with Gasteiger partial charge in [-0.15, -0.1) is 10.2 Å². The minimum Gasteiger partial charge on any atom is -0.353 e. The first-order valence-corrected chi connectivity index (χ1v) is 9.34. The second kappa shape index (κ2) is 8.58. The van der Waals surface area contributed by atoms with Crippen LogP contribution in [0.25, 0.3) is 0 Å². The summed E-state index contributed by atoms with van der Waals surface area (Å²) in [6.07, 6.45) is 3.15. The van der Waals surface area contributed by atoms with Gasteiger partial charge in [0, 0.05) is 45.1 Å². The van der Waals surface area contributed by atoms with Crippen molar-refractivity contribution in [2.75, 3.05) is 36.4 Å². The van der Waals surface area contributed by atoms with E-state index in [4.69, 9.17) is 0 Å². The highest BCUT2D eigenvalue weighted by molar-refractivity contribution is 6.03. The number of benzene rings is 1. The predicted molar refractivity (Wildman–Crippen MR) is 108 cm³/mol. The van der Waals surface area contributed by atoms with E-state index >= 15 is 0 Å². The summed E-state index contributed by atoms with van der Waals surface area (Å²) in [4.78, 5) is 20.8. The Morgan fingerprint density at radius 1 is 0.929 bits per heavy atom. The van der Waals surface area contributed by atoms with Gasteiger partial charge in [0.2, 0.25) is 0 Å². The number of pyridine rings is 1. The van der Waals surface area contributed by atoms with Crippen molar-refractivity contribution in [2.24, 2.45) is 0 Å². The monoisotopic (exact) mass is 374 g/mol. The van der Waals surface area contributed by atoms with Gasteiger partial charge in [-0.25, -0.2) is 0 Å². The fourth-order valence-electron chi connectivity index (χ4n) is 3.22. The Labute approximate surface area is 164 Å². The molecule has 0 radical (unpaired) electrons. The molecule has 1 amide bonds. The zero-order chi connectivity index (χ0) is 19.2. The molecular weight excluding hydrogens is 352 g/mol. The third kappa shape index (κ3) is 4.50. The number of piperazine rings is 1. The highest BCUT2D eigenvalue weighted by atomic mass is 16.1. The van der Waals surface area contributed by atoms with Crippen LogP contribution in [0.3, 0.4) is 0 Å². The molecule has 0 bridgehead atoms. The fourth-order valence-corrected chi connectivity index (χ4v) is 3.22. The quantitative estimate of drug-likeness (QED) is 0.739. The highest BCUT2D eigenvalue weighted by Gasteiger charge is 2.18. The van der Waals surface area contributed by atoms with Crippen LogP contribution >= 0.6 is 0 Å². The van der Waals surface area contributed by atoms with Crippen molar-refractivity contribution in [1.82, 2.24) is 20.1 Å². The molecule has 0 aliphatic carbocycles. The number of hydrogen-bond donors (Lipinski definition) is 1. The van der Waals surface area contributed by atoms with Crippen LogP contribution in [0.5, 0.6) is 0 Å². The average molecular weight is 374 g/mol. The Morgan fingerprint density at radius 2 is 1.75 bits per heavy atom. The molecule has 28 heavy (non-hydrogen) atoms. The summed E-state index contributed by atoms with van der Waals surface area (Å²) in [7, 11) is 0. The molecular formula is C21H22N6O. The van der Waals surface area contributed by atoms with E-state index in [-0.39, 0.29) is 5.91 Å². The molecule has 1 N–H and O–H groups in total. The SMILES string of the molecule is O=C(Nc1ccc(N2CCN(Cc3ccccc3)CC2)nn1)c1cccnc1. The first-order valence-electron chi connectivity index (χ1n) is 9.34. The van der Waals surface area contributed by atoms with E-state index < -0.39 is 0 Å². The van der Waals surface area contributed by atoms with Gasteiger partial charge in [0.1, 0.15) is 0 Å². The van der Waals surface area contributed by atoms with Gasteiger partial charge in [-0.2, -0.15) is 0 Å². The Morgan fingerprint density at radius 3 is 2.43 bits per heavy atom. The maximum atomic E-state index is 12.2. The lowest BCUT2D eigenvalue weighted by Crippen LogP contribution is -2.46. The lowest BCUT2D eigenvalue weighted by atomic mass is 10.2. The van der Waals surface area contributed by atoms with Crippen LogP contribution in [0.1, 0.15) is 15.9 Å². The molecule has 1 fully saturated rings. The summed E-state index contributed by atoms with van der Waals surface area (Å²) in [5, 5.41) is 11.2. The van der Waals surface area contributed by atoms with Crippen LogP contribution in [-0.4, -0.2) is 52.2 Å². The van der Waals surface area contributed by atoms with E-state index in [1.54, 1.807) is 24.4 Å². The molecule has 7 heteroatoms. The normalized spacial score (nSPS) is 14.6. The summed E-state index contributed by atoms with van der Waals surface area (Å²) < 4.78 is 0. The Bertz CT molecular complexity index is 893. The van der Waals surface area contributed by atoms with Crippen molar-refractivity contribution < 1.29 is 4.79 Å². The molecule has 3 aromatic rings. The second-order valence-corrected chi connectivity index (χ2v) is 6.72. The maximum absolute atomic E-state index is 12.2. The Kier molecular flexibility index (Phi) is 5.53. The molecule has 0 saturated carbocycles. The lowest BCUT2D eigenvalue weighted by Gasteiger charge is -2.35. The summed E-state index contributed by atoms with van der Waals surface area (Å²) >= 11 is 0. The van der Waals surface area contributed by atoms with Crippen molar-refractivity contribution in [2.45, 2.75) is 6.54 Å². The van der Waals surface area contributed by atoms with Crippen LogP contribution in [0.15, 0.2) is 67.0 Å². The van der Waals surface area contributed by atoms with Crippen LogP contribution < -0.4 is 10.2 Å². The van der Waals surface area contributed by atoms with Gasteiger partial charge in [-0.1, -0.05) is 30.3 Å². The molecule has 0 unspecified atom stereocenters. The topological polar surface area (TPSA) is 74.2 Å². The Hall–Kier alpha value is -3.32. The summed E-state index contributed by atoms with van der Waals surface area (Å²) in [5.41, 5.74) is 1.83. The van der Waals surface area contributed by atoms with Gasteiger partial charge in [-0.3, -0.25) is 14.7 Å². The standard InChI is InChI=1S/C21H22N6O/c28-21(18-7-4-10-22-15-18)23-19-8-9-20(25-24-19)27-13-11-26(12-14-27)16-17-5-2-1-3-6-17/h1-10,15H,11-14,16H2,(H,23,24,28). The van der Waals surface area contributed by atoms with Gasteiger partial charge in [0.25, 0.3) is 5.91 Å². The molecule has 4 rings (SSSR count). The van der Waals surface area contributed by atoms with E-state index in [1.165, 1.54) is 11.8 Å². The largest absolute Gasteiger partial charge is 0.353 e. The van der Waals surface area contributed by atoms with Crippen molar-refractivity contribution in [3.05, 3.63) is 78.1 Å². The van der Waals surface area contributed by atoms with E-state index in [1.807, 2.05) is 12.1 Å². The van der Waals surface area contributed by atoms with Gasteiger partial charge in [0.05, 0.1) is 5.56 Å². The number of aromatic nitrogens is 3. The number of carbonyl (C=O) groups is 1. The molecule has 3 heterocycles. The minimum absolute atomic E-state index is 0.246. The van der Waals surface area contributed by atoms with Crippen molar-refractivity contribution in [1.29, 1.82) is 0 Å². The molecule has 142 valence electrons. The fraction of sp³-hybridized carbons (Fsp3) is 0.238. The van der Waals surface area contributed by atoms with E-state index in [2.05, 4.69) is 54.6 Å². The van der Waals surface area contributed by atoms with Gasteiger partial charge >= 0.3 is 0 Å². The number of nitrogens with one attached hydrogen (secondary N) is 1. The number of rotatable bonds is 5. The van der Waals surface area contributed by atoms with Crippen LogP contribution in [-0.2, 0) is 6.54 Å². The predicted octanol–water partition coefficient (Wildman–Crippen LogP) is 2.45. The number of carbonyl (C=O) groups excluding carboxylic acids is 1. The molecule has 1 saturated heterocycles.